The quantitative estimate of drug-likeness (QED) is 0.683. The van der Waals surface area contributed by atoms with Gasteiger partial charge in [0.15, 0.2) is 5.79 Å². The van der Waals surface area contributed by atoms with E-state index in [1.165, 1.54) is 0 Å². The number of nitrogens with zero attached hydrogens (tertiary/aromatic N) is 1. The lowest BCUT2D eigenvalue weighted by molar-refractivity contribution is -0.297. The molecule has 0 aromatic rings. The van der Waals surface area contributed by atoms with Crippen LogP contribution in [-0.2, 0) is 14.3 Å². The number of hydrogen-bond acceptors (Lipinski definition) is 4. The molecule has 15 heavy (non-hydrogen) atoms. The number of carboxylic acids is 1. The van der Waals surface area contributed by atoms with Crippen LogP contribution in [0.4, 0.5) is 0 Å². The molecular formula is C10H17NO4. The maximum Gasteiger partial charge on any atom is 0.324 e. The summed E-state index contributed by atoms with van der Waals surface area (Å²) in [5.74, 6) is -1.30. The standard InChI is InChI=1S/C10H17NO4/c1-14-10(15-2)6-11(7-10)9(8(12)13)4-3-5-9/h3-7H2,1-2H3,(H,12,13). The van der Waals surface area contributed by atoms with Crippen molar-refractivity contribution in [2.24, 2.45) is 0 Å². The summed E-state index contributed by atoms with van der Waals surface area (Å²) < 4.78 is 10.5. The predicted molar refractivity (Wildman–Crippen MR) is 52.5 cm³/mol. The Morgan fingerprint density at radius 3 is 2.07 bits per heavy atom. The molecule has 1 saturated heterocycles. The highest BCUT2D eigenvalue weighted by Crippen LogP contribution is 2.43. The Morgan fingerprint density at radius 2 is 1.80 bits per heavy atom. The minimum absolute atomic E-state index is 0.548. The number of ether oxygens (including phenoxy) is 2. The highest BCUT2D eigenvalue weighted by molar-refractivity contribution is 5.80. The third kappa shape index (κ3) is 1.38. The maximum atomic E-state index is 11.2. The van der Waals surface area contributed by atoms with E-state index < -0.39 is 17.3 Å². The van der Waals surface area contributed by atoms with E-state index in [1.807, 2.05) is 4.90 Å². The van der Waals surface area contributed by atoms with Crippen LogP contribution in [0, 0.1) is 0 Å². The average Bonchev–Trinajstić information content (AvgIpc) is 2.06. The van der Waals surface area contributed by atoms with Gasteiger partial charge in [0, 0.05) is 14.2 Å². The Bertz CT molecular complexity index is 263. The number of likely N-dealkylation sites (tertiary alicyclic amines) is 1. The van der Waals surface area contributed by atoms with Gasteiger partial charge in [-0.15, -0.1) is 0 Å². The molecule has 0 atom stereocenters. The molecule has 0 spiro atoms. The normalized spacial score (nSPS) is 27.9. The molecule has 86 valence electrons. The molecular weight excluding hydrogens is 198 g/mol. The topological polar surface area (TPSA) is 59.0 Å². The second kappa shape index (κ2) is 3.43. The van der Waals surface area contributed by atoms with Crippen molar-refractivity contribution in [2.75, 3.05) is 27.3 Å². The third-order valence-electron chi connectivity index (χ3n) is 3.79. The van der Waals surface area contributed by atoms with Gasteiger partial charge in [-0.25, -0.2) is 0 Å². The first-order valence-corrected chi connectivity index (χ1v) is 5.17. The van der Waals surface area contributed by atoms with Crippen LogP contribution in [-0.4, -0.2) is 54.6 Å². The summed E-state index contributed by atoms with van der Waals surface area (Å²) in [5.41, 5.74) is -0.638. The number of rotatable bonds is 4. The second-order valence-electron chi connectivity index (χ2n) is 4.37. The smallest absolute Gasteiger partial charge is 0.324 e. The van der Waals surface area contributed by atoms with Gasteiger partial charge in [0.1, 0.15) is 5.54 Å². The second-order valence-corrected chi connectivity index (χ2v) is 4.37. The Hall–Kier alpha value is -0.650. The lowest BCUT2D eigenvalue weighted by atomic mass is 9.73. The van der Waals surface area contributed by atoms with E-state index >= 15 is 0 Å². The van der Waals surface area contributed by atoms with Crippen molar-refractivity contribution < 1.29 is 19.4 Å². The molecule has 0 amide bonds. The minimum atomic E-state index is -0.713. The summed E-state index contributed by atoms with van der Waals surface area (Å²) in [5, 5.41) is 9.21. The summed E-state index contributed by atoms with van der Waals surface area (Å²) in [6.45, 7) is 1.10. The summed E-state index contributed by atoms with van der Waals surface area (Å²) in [6, 6.07) is 0. The number of carbonyl (C=O) groups is 1. The van der Waals surface area contributed by atoms with E-state index in [9.17, 15) is 9.90 Å². The minimum Gasteiger partial charge on any atom is -0.480 e. The van der Waals surface area contributed by atoms with Gasteiger partial charge < -0.3 is 14.6 Å². The van der Waals surface area contributed by atoms with E-state index in [4.69, 9.17) is 9.47 Å². The van der Waals surface area contributed by atoms with E-state index in [0.717, 1.165) is 19.3 Å². The van der Waals surface area contributed by atoms with Crippen molar-refractivity contribution in [3.05, 3.63) is 0 Å². The molecule has 1 heterocycles. The van der Waals surface area contributed by atoms with Gasteiger partial charge >= 0.3 is 5.97 Å². The number of carboxylic acid groups (broad SMARTS) is 1. The van der Waals surface area contributed by atoms with Crippen LogP contribution in [0.2, 0.25) is 0 Å². The maximum absolute atomic E-state index is 11.2. The Labute approximate surface area is 89.0 Å². The fraction of sp³-hybridized carbons (Fsp3) is 0.900. The largest absolute Gasteiger partial charge is 0.480 e. The Morgan fingerprint density at radius 1 is 1.27 bits per heavy atom. The molecule has 1 aliphatic heterocycles. The van der Waals surface area contributed by atoms with Crippen LogP contribution in [0.25, 0.3) is 0 Å². The zero-order valence-electron chi connectivity index (χ0n) is 9.15. The molecule has 0 radical (unpaired) electrons. The van der Waals surface area contributed by atoms with Gasteiger partial charge in [-0.05, 0) is 19.3 Å². The van der Waals surface area contributed by atoms with Crippen LogP contribution in [0.3, 0.4) is 0 Å². The monoisotopic (exact) mass is 215 g/mol. The zero-order chi connectivity index (χ0) is 11.1. The van der Waals surface area contributed by atoms with Crippen molar-refractivity contribution >= 4 is 5.97 Å². The lowest BCUT2D eigenvalue weighted by Gasteiger charge is -2.57. The van der Waals surface area contributed by atoms with Crippen LogP contribution in [0.15, 0.2) is 0 Å². The van der Waals surface area contributed by atoms with E-state index in [1.54, 1.807) is 14.2 Å². The number of aliphatic carboxylic acids is 1. The first kappa shape index (κ1) is 10.9. The van der Waals surface area contributed by atoms with Crippen LogP contribution >= 0.6 is 0 Å². The molecule has 2 aliphatic rings. The summed E-state index contributed by atoms with van der Waals surface area (Å²) in [6.07, 6.45) is 2.48. The molecule has 2 fully saturated rings. The van der Waals surface area contributed by atoms with Crippen LogP contribution in [0.1, 0.15) is 19.3 Å². The van der Waals surface area contributed by atoms with Crippen LogP contribution in [0.5, 0.6) is 0 Å². The molecule has 5 heteroatoms. The lowest BCUT2D eigenvalue weighted by Crippen LogP contribution is -2.74. The van der Waals surface area contributed by atoms with Gasteiger partial charge in [-0.3, -0.25) is 9.69 Å². The molecule has 1 N–H and O–H groups in total. The number of methoxy groups -OCH3 is 2. The summed E-state index contributed by atoms with van der Waals surface area (Å²) in [7, 11) is 3.18. The molecule has 2 rings (SSSR count). The van der Waals surface area contributed by atoms with E-state index in [-0.39, 0.29) is 0 Å². The molecule has 0 bridgehead atoms. The fourth-order valence-corrected chi connectivity index (χ4v) is 2.36. The van der Waals surface area contributed by atoms with Gasteiger partial charge in [-0.1, -0.05) is 0 Å². The zero-order valence-corrected chi connectivity index (χ0v) is 9.15. The summed E-state index contributed by atoms with van der Waals surface area (Å²) in [4.78, 5) is 13.2. The van der Waals surface area contributed by atoms with Crippen molar-refractivity contribution in [1.82, 2.24) is 4.90 Å². The summed E-state index contributed by atoms with van der Waals surface area (Å²) >= 11 is 0. The van der Waals surface area contributed by atoms with E-state index in [0.29, 0.717) is 13.1 Å². The molecule has 0 aromatic carbocycles. The van der Waals surface area contributed by atoms with Gasteiger partial charge in [0.25, 0.3) is 0 Å². The van der Waals surface area contributed by atoms with Crippen molar-refractivity contribution in [2.45, 2.75) is 30.6 Å². The highest BCUT2D eigenvalue weighted by atomic mass is 16.7. The first-order valence-electron chi connectivity index (χ1n) is 5.17. The average molecular weight is 215 g/mol. The first-order chi connectivity index (χ1) is 7.08. The van der Waals surface area contributed by atoms with Gasteiger partial charge in [-0.2, -0.15) is 0 Å². The Balaban J connectivity index is 2.01. The van der Waals surface area contributed by atoms with Gasteiger partial charge in [0.05, 0.1) is 13.1 Å². The molecule has 1 aliphatic carbocycles. The molecule has 0 unspecified atom stereocenters. The number of hydrogen-bond donors (Lipinski definition) is 1. The predicted octanol–water partition coefficient (Wildman–Crippen LogP) is 0.298. The Kier molecular flexibility index (Phi) is 2.48. The third-order valence-corrected chi connectivity index (χ3v) is 3.79. The SMILES string of the molecule is COC1(OC)CN(C2(C(=O)O)CCC2)C1. The molecule has 1 saturated carbocycles. The van der Waals surface area contributed by atoms with Crippen molar-refractivity contribution in [3.8, 4) is 0 Å². The molecule has 0 aromatic heterocycles. The fourth-order valence-electron chi connectivity index (χ4n) is 2.36. The van der Waals surface area contributed by atoms with Crippen LogP contribution < -0.4 is 0 Å². The van der Waals surface area contributed by atoms with Crippen molar-refractivity contribution in [1.29, 1.82) is 0 Å². The van der Waals surface area contributed by atoms with E-state index in [2.05, 4.69) is 0 Å². The van der Waals surface area contributed by atoms with Gasteiger partial charge in [0.2, 0.25) is 0 Å². The van der Waals surface area contributed by atoms with Crippen molar-refractivity contribution in [3.63, 3.8) is 0 Å². The highest BCUT2D eigenvalue weighted by Gasteiger charge is 2.58. The molecule has 5 nitrogen and oxygen atoms in total.